The second kappa shape index (κ2) is 9.50. The summed E-state index contributed by atoms with van der Waals surface area (Å²) in [6, 6.07) is 1.29. The lowest BCUT2D eigenvalue weighted by atomic mass is 10.1. The second-order valence-electron chi connectivity index (χ2n) is 7.66. The van der Waals surface area contributed by atoms with Crippen LogP contribution in [-0.4, -0.2) is 74.1 Å². The van der Waals surface area contributed by atoms with Gasteiger partial charge in [0, 0.05) is 11.6 Å². The van der Waals surface area contributed by atoms with Crippen LogP contribution >= 0.6 is 11.3 Å². The molecule has 13 nitrogen and oxygen atoms in total. The van der Waals surface area contributed by atoms with Crippen LogP contribution < -0.4 is 20.1 Å². The predicted molar refractivity (Wildman–Crippen MR) is 121 cm³/mol. The number of nitrogens with zero attached hydrogens (tertiary/aromatic N) is 2. The lowest BCUT2D eigenvalue weighted by Crippen LogP contribution is -2.48. The highest BCUT2D eigenvalue weighted by atomic mass is 32.2. The molecule has 35 heavy (non-hydrogen) atoms. The molecular formula is C20H20N4O9S2. The molecule has 1 fully saturated rings. The van der Waals surface area contributed by atoms with Crippen molar-refractivity contribution in [3.63, 3.8) is 0 Å². The van der Waals surface area contributed by atoms with Gasteiger partial charge < -0.3 is 24.8 Å². The van der Waals surface area contributed by atoms with E-state index in [4.69, 9.17) is 9.47 Å². The van der Waals surface area contributed by atoms with Gasteiger partial charge in [0.15, 0.2) is 22.3 Å². The molecule has 0 spiro atoms. The number of anilines is 1. The molecule has 0 saturated carbocycles. The van der Waals surface area contributed by atoms with Crippen LogP contribution in [0.3, 0.4) is 0 Å². The molecule has 2 atom stereocenters. The zero-order valence-corrected chi connectivity index (χ0v) is 20.1. The summed E-state index contributed by atoms with van der Waals surface area (Å²) in [7, 11) is -2.35. The molecule has 2 aliphatic heterocycles. The molecule has 3 heterocycles. The van der Waals surface area contributed by atoms with Crippen LogP contribution in [0.2, 0.25) is 0 Å². The van der Waals surface area contributed by atoms with Crippen molar-refractivity contribution in [1.82, 2.24) is 15.2 Å². The van der Waals surface area contributed by atoms with Crippen LogP contribution in [0.4, 0.5) is 9.93 Å². The molecule has 0 radical (unpaired) electrons. The minimum absolute atomic E-state index is 0.0131. The minimum atomic E-state index is -3.53. The Labute approximate surface area is 203 Å². The van der Waals surface area contributed by atoms with Gasteiger partial charge in [-0.3, -0.25) is 9.59 Å². The standard InChI is InChI=1S/C20H20N4O9S2/c1-31-18(27)11-8-34-19(21-11)23-16(25)12(5-6-35(2,29)30)24-17(26)15(22-20(24)28)10-3-4-13-14(7-10)33-9-32-13/h3-4,7-8,12,15H,5-6,9H2,1-2H3,(H,22,28)(H,21,23,25)/t12-,15?/m0/s1. The summed E-state index contributed by atoms with van der Waals surface area (Å²) in [4.78, 5) is 55.4. The third kappa shape index (κ3) is 5.19. The topological polar surface area (TPSA) is 170 Å². The van der Waals surface area contributed by atoms with Crippen molar-refractivity contribution in [3.8, 4) is 11.5 Å². The van der Waals surface area contributed by atoms with Crippen molar-refractivity contribution in [2.45, 2.75) is 18.5 Å². The number of rotatable bonds is 8. The average molecular weight is 525 g/mol. The molecule has 186 valence electrons. The quantitative estimate of drug-likeness (QED) is 0.370. The van der Waals surface area contributed by atoms with Crippen LogP contribution in [0.25, 0.3) is 0 Å². The van der Waals surface area contributed by atoms with Gasteiger partial charge in [0.05, 0.1) is 12.9 Å². The first kappa shape index (κ1) is 24.4. The molecular weight excluding hydrogens is 504 g/mol. The number of hydrogen-bond acceptors (Lipinski definition) is 11. The Morgan fingerprint density at radius 3 is 2.77 bits per heavy atom. The molecule has 2 N–H and O–H groups in total. The van der Waals surface area contributed by atoms with E-state index < -0.39 is 51.5 Å². The number of amides is 4. The summed E-state index contributed by atoms with van der Waals surface area (Å²) in [6.45, 7) is 0.0259. The normalized spacial score (nSPS) is 17.8. The van der Waals surface area contributed by atoms with Crippen LogP contribution in [0, 0.1) is 0 Å². The molecule has 1 aromatic heterocycles. The van der Waals surface area contributed by atoms with Gasteiger partial charge in [-0.2, -0.15) is 0 Å². The van der Waals surface area contributed by atoms with Crippen LogP contribution in [0.1, 0.15) is 28.5 Å². The summed E-state index contributed by atoms with van der Waals surface area (Å²) in [5, 5.41) is 6.33. The first-order valence-electron chi connectivity index (χ1n) is 10.1. The van der Waals surface area contributed by atoms with E-state index in [1.807, 2.05) is 0 Å². The van der Waals surface area contributed by atoms with Crippen molar-refractivity contribution < 1.29 is 41.8 Å². The molecule has 2 aromatic rings. The first-order chi connectivity index (χ1) is 16.6. The molecule has 1 aromatic carbocycles. The zero-order chi connectivity index (χ0) is 25.3. The Hall–Kier alpha value is -3.72. The molecule has 4 amide bonds. The monoisotopic (exact) mass is 524 g/mol. The number of ether oxygens (including phenoxy) is 3. The van der Waals surface area contributed by atoms with Gasteiger partial charge in [0.2, 0.25) is 12.7 Å². The Bertz CT molecular complexity index is 1310. The number of nitrogens with one attached hydrogen (secondary N) is 2. The van der Waals surface area contributed by atoms with Crippen LogP contribution in [-0.2, 0) is 24.2 Å². The summed E-state index contributed by atoms with van der Waals surface area (Å²) >= 11 is 0.924. The van der Waals surface area contributed by atoms with Gasteiger partial charge in [-0.1, -0.05) is 6.07 Å². The highest BCUT2D eigenvalue weighted by Gasteiger charge is 2.45. The number of aromatic nitrogens is 1. The van der Waals surface area contributed by atoms with Crippen LogP contribution in [0.15, 0.2) is 23.6 Å². The Morgan fingerprint density at radius 2 is 2.06 bits per heavy atom. The Balaban J connectivity index is 1.58. The van der Waals surface area contributed by atoms with Crippen LogP contribution in [0.5, 0.6) is 11.5 Å². The summed E-state index contributed by atoms with van der Waals surface area (Å²) < 4.78 is 38.7. The molecule has 0 bridgehead atoms. The van der Waals surface area contributed by atoms with E-state index in [1.165, 1.54) is 12.5 Å². The highest BCUT2D eigenvalue weighted by Crippen LogP contribution is 2.36. The van der Waals surface area contributed by atoms with E-state index in [-0.39, 0.29) is 24.0 Å². The maximum absolute atomic E-state index is 13.2. The molecule has 15 heteroatoms. The maximum Gasteiger partial charge on any atom is 0.357 e. The van der Waals surface area contributed by atoms with E-state index in [0.29, 0.717) is 22.0 Å². The Morgan fingerprint density at radius 1 is 1.31 bits per heavy atom. The van der Waals surface area contributed by atoms with E-state index in [1.54, 1.807) is 18.2 Å². The average Bonchev–Trinajstić information content (AvgIpc) is 3.52. The van der Waals surface area contributed by atoms with Gasteiger partial charge in [-0.15, -0.1) is 11.3 Å². The number of esters is 1. The number of carbonyl (C=O) groups is 4. The van der Waals surface area contributed by atoms with E-state index in [2.05, 4.69) is 20.4 Å². The smallest absolute Gasteiger partial charge is 0.357 e. The van der Waals surface area contributed by atoms with Gasteiger partial charge >= 0.3 is 12.0 Å². The number of benzene rings is 1. The third-order valence-corrected chi connectivity index (χ3v) is 6.94. The number of carbonyl (C=O) groups excluding carboxylic acids is 4. The largest absolute Gasteiger partial charge is 0.464 e. The number of methoxy groups -OCH3 is 1. The SMILES string of the molecule is COC(=O)c1csc(NC(=O)[C@H](CCS(C)(=O)=O)N2C(=O)NC(c3ccc4c(c3)OCO4)C2=O)n1. The van der Waals surface area contributed by atoms with Gasteiger partial charge in [-0.25, -0.2) is 27.9 Å². The molecule has 2 aliphatic rings. The number of thiazole rings is 1. The molecule has 1 saturated heterocycles. The van der Waals surface area contributed by atoms with Gasteiger partial charge in [0.1, 0.15) is 21.9 Å². The van der Waals surface area contributed by atoms with Gasteiger partial charge in [0.25, 0.3) is 5.91 Å². The second-order valence-corrected chi connectivity index (χ2v) is 10.8. The predicted octanol–water partition coefficient (Wildman–Crippen LogP) is 0.693. The first-order valence-corrected chi connectivity index (χ1v) is 13.1. The van der Waals surface area contributed by atoms with Crippen molar-refractivity contribution in [3.05, 3.63) is 34.8 Å². The number of sulfone groups is 1. The number of hydrogen-bond donors (Lipinski definition) is 2. The fraction of sp³-hybridized carbons (Fsp3) is 0.350. The Kier molecular flexibility index (Phi) is 6.62. The van der Waals surface area contributed by atoms with Crippen molar-refractivity contribution in [1.29, 1.82) is 0 Å². The minimum Gasteiger partial charge on any atom is -0.464 e. The highest BCUT2D eigenvalue weighted by molar-refractivity contribution is 7.90. The third-order valence-electron chi connectivity index (χ3n) is 5.21. The number of imide groups is 1. The van der Waals surface area contributed by atoms with Crippen molar-refractivity contribution in [2.75, 3.05) is 31.2 Å². The molecule has 0 aliphatic carbocycles. The van der Waals surface area contributed by atoms with Crippen molar-refractivity contribution in [2.24, 2.45) is 0 Å². The molecule has 4 rings (SSSR count). The maximum atomic E-state index is 13.2. The van der Waals surface area contributed by atoms with Gasteiger partial charge in [-0.05, 0) is 24.1 Å². The molecule has 1 unspecified atom stereocenters. The lowest BCUT2D eigenvalue weighted by molar-refractivity contribution is -0.134. The van der Waals surface area contributed by atoms with E-state index in [9.17, 15) is 27.6 Å². The summed E-state index contributed by atoms with van der Waals surface area (Å²) in [5.41, 5.74) is 0.360. The fourth-order valence-electron chi connectivity index (χ4n) is 3.53. The number of urea groups is 1. The lowest BCUT2D eigenvalue weighted by Gasteiger charge is -2.24. The van der Waals surface area contributed by atoms with E-state index >= 15 is 0 Å². The van der Waals surface area contributed by atoms with Crippen molar-refractivity contribution >= 4 is 50.1 Å². The number of fused-ring (bicyclic) bond motifs is 1. The summed E-state index contributed by atoms with van der Waals surface area (Å²) in [5.74, 6) is -1.86. The zero-order valence-electron chi connectivity index (χ0n) is 18.5. The fourth-order valence-corrected chi connectivity index (χ4v) is 4.86. The van der Waals surface area contributed by atoms with E-state index in [0.717, 1.165) is 17.6 Å². The summed E-state index contributed by atoms with van der Waals surface area (Å²) in [6.07, 6.45) is 0.639.